The quantitative estimate of drug-likeness (QED) is 0.856. The smallest absolute Gasteiger partial charge is 0.106 e. The molecule has 1 aliphatic rings. The Labute approximate surface area is 105 Å². The van der Waals surface area contributed by atoms with Crippen LogP contribution in [-0.2, 0) is 6.54 Å². The highest BCUT2D eigenvalue weighted by molar-refractivity contribution is 9.10. The molecule has 1 atom stereocenters. The second-order valence-corrected chi connectivity index (χ2v) is 5.31. The fourth-order valence-corrected chi connectivity index (χ4v) is 2.53. The lowest BCUT2D eigenvalue weighted by atomic mass is 10.1. The van der Waals surface area contributed by atoms with Gasteiger partial charge in [-0.2, -0.15) is 0 Å². The van der Waals surface area contributed by atoms with E-state index >= 15 is 0 Å². The normalized spacial score (nSPS) is 21.5. The van der Waals surface area contributed by atoms with Gasteiger partial charge in [0.05, 0.1) is 5.69 Å². The Morgan fingerprint density at radius 2 is 2.44 bits per heavy atom. The first-order valence-electron chi connectivity index (χ1n) is 5.75. The Bertz CT molecular complexity index is 343. The molecule has 0 radical (unpaired) electrons. The minimum atomic E-state index is 0.803. The zero-order valence-corrected chi connectivity index (χ0v) is 11.2. The molecule has 1 aliphatic heterocycles. The van der Waals surface area contributed by atoms with Gasteiger partial charge in [0.25, 0.3) is 0 Å². The SMILES string of the molecule is CN1CCC(CNCc2cccc(Br)n2)C1. The summed E-state index contributed by atoms with van der Waals surface area (Å²) in [5, 5.41) is 3.48. The lowest BCUT2D eigenvalue weighted by Gasteiger charge is -2.11. The van der Waals surface area contributed by atoms with Gasteiger partial charge < -0.3 is 10.2 Å². The molecular weight excluding hydrogens is 266 g/mol. The summed E-state index contributed by atoms with van der Waals surface area (Å²) in [4.78, 5) is 6.79. The third kappa shape index (κ3) is 3.54. The minimum absolute atomic E-state index is 0.803. The van der Waals surface area contributed by atoms with Crippen molar-refractivity contribution in [2.24, 2.45) is 5.92 Å². The molecule has 3 nitrogen and oxygen atoms in total. The van der Waals surface area contributed by atoms with Gasteiger partial charge in [0.1, 0.15) is 4.60 Å². The first-order chi connectivity index (χ1) is 7.74. The van der Waals surface area contributed by atoms with E-state index in [4.69, 9.17) is 0 Å². The van der Waals surface area contributed by atoms with Crippen LogP contribution in [0.1, 0.15) is 12.1 Å². The van der Waals surface area contributed by atoms with Crippen LogP contribution >= 0.6 is 15.9 Å². The number of likely N-dealkylation sites (tertiary alicyclic amines) is 1. The molecule has 1 aromatic heterocycles. The van der Waals surface area contributed by atoms with Crippen molar-refractivity contribution < 1.29 is 0 Å². The number of rotatable bonds is 4. The molecule has 2 heterocycles. The van der Waals surface area contributed by atoms with Crippen molar-refractivity contribution >= 4 is 15.9 Å². The van der Waals surface area contributed by atoms with E-state index in [0.717, 1.165) is 29.3 Å². The van der Waals surface area contributed by atoms with Crippen LogP contribution < -0.4 is 5.32 Å². The van der Waals surface area contributed by atoms with Crippen LogP contribution in [0.15, 0.2) is 22.8 Å². The predicted molar refractivity (Wildman–Crippen MR) is 69.2 cm³/mol. The summed E-state index contributed by atoms with van der Waals surface area (Å²) in [6.45, 7) is 4.42. The zero-order valence-electron chi connectivity index (χ0n) is 9.62. The van der Waals surface area contributed by atoms with Gasteiger partial charge in [-0.1, -0.05) is 6.07 Å². The summed E-state index contributed by atoms with van der Waals surface area (Å²) in [6, 6.07) is 6.03. The summed E-state index contributed by atoms with van der Waals surface area (Å²) in [7, 11) is 2.19. The van der Waals surface area contributed by atoms with Crippen LogP contribution in [0.3, 0.4) is 0 Å². The molecule has 0 amide bonds. The maximum Gasteiger partial charge on any atom is 0.106 e. The number of hydrogen-bond donors (Lipinski definition) is 1. The molecule has 0 aliphatic carbocycles. The van der Waals surface area contributed by atoms with Crippen LogP contribution in [0.25, 0.3) is 0 Å². The van der Waals surface area contributed by atoms with E-state index in [1.54, 1.807) is 0 Å². The van der Waals surface area contributed by atoms with E-state index in [1.165, 1.54) is 19.5 Å². The van der Waals surface area contributed by atoms with Crippen LogP contribution in [0.2, 0.25) is 0 Å². The van der Waals surface area contributed by atoms with E-state index < -0.39 is 0 Å². The average molecular weight is 284 g/mol. The molecule has 1 aromatic rings. The Hall–Kier alpha value is -0.450. The van der Waals surface area contributed by atoms with Gasteiger partial charge in [0.15, 0.2) is 0 Å². The van der Waals surface area contributed by atoms with Crippen LogP contribution in [-0.4, -0.2) is 36.6 Å². The Morgan fingerprint density at radius 1 is 1.56 bits per heavy atom. The topological polar surface area (TPSA) is 28.2 Å². The molecule has 0 spiro atoms. The molecule has 1 fully saturated rings. The maximum atomic E-state index is 4.40. The second-order valence-electron chi connectivity index (χ2n) is 4.50. The number of pyridine rings is 1. The van der Waals surface area contributed by atoms with Crippen LogP contribution in [0.5, 0.6) is 0 Å². The van der Waals surface area contributed by atoms with Crippen molar-refractivity contribution in [1.82, 2.24) is 15.2 Å². The Kier molecular flexibility index (Phi) is 4.32. The molecule has 1 saturated heterocycles. The molecule has 16 heavy (non-hydrogen) atoms. The van der Waals surface area contributed by atoms with Crippen molar-refractivity contribution in [3.8, 4) is 0 Å². The summed E-state index contributed by atoms with van der Waals surface area (Å²) in [5.41, 5.74) is 1.10. The standard InChI is InChI=1S/C12H18BrN3/c1-16-6-5-10(9-16)7-14-8-11-3-2-4-12(13)15-11/h2-4,10,14H,5-9H2,1H3. The van der Waals surface area contributed by atoms with Crippen LogP contribution in [0, 0.1) is 5.92 Å². The summed E-state index contributed by atoms with van der Waals surface area (Å²) in [6.07, 6.45) is 1.31. The van der Waals surface area contributed by atoms with E-state index in [1.807, 2.05) is 12.1 Å². The maximum absolute atomic E-state index is 4.40. The number of aromatic nitrogens is 1. The van der Waals surface area contributed by atoms with Gasteiger partial charge in [-0.3, -0.25) is 0 Å². The third-order valence-electron chi connectivity index (χ3n) is 3.00. The molecule has 1 N–H and O–H groups in total. The average Bonchev–Trinajstić information content (AvgIpc) is 2.64. The van der Waals surface area contributed by atoms with Gasteiger partial charge in [-0.15, -0.1) is 0 Å². The summed E-state index contributed by atoms with van der Waals surface area (Å²) >= 11 is 3.38. The largest absolute Gasteiger partial charge is 0.311 e. The van der Waals surface area contributed by atoms with Crippen molar-refractivity contribution in [3.05, 3.63) is 28.5 Å². The lowest BCUT2D eigenvalue weighted by Crippen LogP contribution is -2.25. The highest BCUT2D eigenvalue weighted by Gasteiger charge is 2.18. The van der Waals surface area contributed by atoms with E-state index in [2.05, 4.69) is 44.2 Å². The number of nitrogens with one attached hydrogen (secondary N) is 1. The predicted octanol–water partition coefficient (Wildman–Crippen LogP) is 1.89. The Balaban J connectivity index is 1.72. The van der Waals surface area contributed by atoms with Gasteiger partial charge >= 0.3 is 0 Å². The zero-order chi connectivity index (χ0) is 11.4. The van der Waals surface area contributed by atoms with Gasteiger partial charge in [-0.05, 0) is 60.5 Å². The third-order valence-corrected chi connectivity index (χ3v) is 3.44. The molecular formula is C12H18BrN3. The highest BCUT2D eigenvalue weighted by Crippen LogP contribution is 2.13. The first kappa shape index (κ1) is 12.0. The molecule has 2 rings (SSSR count). The van der Waals surface area contributed by atoms with E-state index in [-0.39, 0.29) is 0 Å². The van der Waals surface area contributed by atoms with Gasteiger partial charge in [0.2, 0.25) is 0 Å². The van der Waals surface area contributed by atoms with Crippen molar-refractivity contribution in [2.45, 2.75) is 13.0 Å². The Morgan fingerprint density at radius 3 is 3.12 bits per heavy atom. The summed E-state index contributed by atoms with van der Waals surface area (Å²) < 4.78 is 0.910. The minimum Gasteiger partial charge on any atom is -0.311 e. The number of halogens is 1. The fourth-order valence-electron chi connectivity index (χ4n) is 2.15. The molecule has 4 heteroatoms. The van der Waals surface area contributed by atoms with Crippen molar-refractivity contribution in [1.29, 1.82) is 0 Å². The van der Waals surface area contributed by atoms with E-state index in [0.29, 0.717) is 0 Å². The van der Waals surface area contributed by atoms with E-state index in [9.17, 15) is 0 Å². The molecule has 0 bridgehead atoms. The molecule has 0 saturated carbocycles. The van der Waals surface area contributed by atoms with Gasteiger partial charge in [0, 0.05) is 13.1 Å². The molecule has 0 aromatic carbocycles. The second kappa shape index (κ2) is 5.75. The lowest BCUT2D eigenvalue weighted by molar-refractivity contribution is 0.388. The van der Waals surface area contributed by atoms with Crippen molar-refractivity contribution in [2.75, 3.05) is 26.7 Å². The molecule has 1 unspecified atom stereocenters. The number of nitrogens with zero attached hydrogens (tertiary/aromatic N) is 2. The molecule has 88 valence electrons. The fraction of sp³-hybridized carbons (Fsp3) is 0.583. The van der Waals surface area contributed by atoms with Crippen molar-refractivity contribution in [3.63, 3.8) is 0 Å². The van der Waals surface area contributed by atoms with Gasteiger partial charge in [-0.25, -0.2) is 4.98 Å². The highest BCUT2D eigenvalue weighted by atomic mass is 79.9. The van der Waals surface area contributed by atoms with Crippen LogP contribution in [0.4, 0.5) is 0 Å². The number of hydrogen-bond acceptors (Lipinski definition) is 3. The monoisotopic (exact) mass is 283 g/mol. The summed E-state index contributed by atoms with van der Waals surface area (Å²) in [5.74, 6) is 0.803. The first-order valence-corrected chi connectivity index (χ1v) is 6.54.